The summed E-state index contributed by atoms with van der Waals surface area (Å²) in [7, 11) is 0. The van der Waals surface area contributed by atoms with E-state index in [9.17, 15) is 9.59 Å². The van der Waals surface area contributed by atoms with E-state index in [4.69, 9.17) is 9.47 Å². The average Bonchev–Trinajstić information content (AvgIpc) is 3.16. The number of hydrogen-bond donors (Lipinski definition) is 1. The Hall–Kier alpha value is -3.15. The molecule has 1 aromatic carbocycles. The van der Waals surface area contributed by atoms with Crippen molar-refractivity contribution in [3.63, 3.8) is 0 Å². The molecule has 136 valence electrons. The molecular formula is C21H18N2O4. The van der Waals surface area contributed by atoms with E-state index in [2.05, 4.69) is 10.3 Å². The van der Waals surface area contributed by atoms with Gasteiger partial charge in [-0.1, -0.05) is 6.08 Å². The van der Waals surface area contributed by atoms with Crippen LogP contribution in [0.2, 0.25) is 0 Å². The van der Waals surface area contributed by atoms with Crippen molar-refractivity contribution in [2.75, 3.05) is 6.79 Å². The van der Waals surface area contributed by atoms with Gasteiger partial charge in [-0.2, -0.15) is 0 Å². The third kappa shape index (κ3) is 2.77. The molecular weight excluding hydrogens is 344 g/mol. The number of ether oxygens (including phenoxy) is 2. The Kier molecular flexibility index (Phi) is 3.70. The molecule has 2 heterocycles. The number of rotatable bonds is 1. The molecule has 0 fully saturated rings. The van der Waals surface area contributed by atoms with Crippen LogP contribution in [0.15, 0.2) is 58.3 Å². The second kappa shape index (κ2) is 6.23. The molecule has 1 unspecified atom stereocenters. The molecule has 0 aromatic heterocycles. The van der Waals surface area contributed by atoms with Gasteiger partial charge in [0, 0.05) is 22.8 Å². The van der Waals surface area contributed by atoms with Gasteiger partial charge in [0.2, 0.25) is 6.79 Å². The van der Waals surface area contributed by atoms with Crippen LogP contribution in [0, 0.1) is 5.92 Å². The Balaban J connectivity index is 1.42. The van der Waals surface area contributed by atoms with Gasteiger partial charge in [0.1, 0.15) is 0 Å². The first-order chi connectivity index (χ1) is 13.2. The lowest BCUT2D eigenvalue weighted by molar-refractivity contribution is -0.117. The second-order valence-corrected chi connectivity index (χ2v) is 7.01. The maximum absolute atomic E-state index is 12.5. The maximum atomic E-state index is 12.5. The lowest BCUT2D eigenvalue weighted by atomic mass is 9.77. The Morgan fingerprint density at radius 2 is 2.00 bits per heavy atom. The van der Waals surface area contributed by atoms with Crippen LogP contribution in [-0.2, 0) is 4.79 Å². The smallest absolute Gasteiger partial charge is 0.277 e. The Bertz CT molecular complexity index is 984. The largest absolute Gasteiger partial charge is 0.454 e. The maximum Gasteiger partial charge on any atom is 0.277 e. The average molecular weight is 362 g/mol. The molecule has 0 radical (unpaired) electrons. The van der Waals surface area contributed by atoms with Crippen LogP contribution in [0.1, 0.15) is 36.0 Å². The monoisotopic (exact) mass is 362 g/mol. The van der Waals surface area contributed by atoms with Crippen molar-refractivity contribution < 1.29 is 19.1 Å². The van der Waals surface area contributed by atoms with Crippen molar-refractivity contribution in [3.05, 3.63) is 58.8 Å². The minimum absolute atomic E-state index is 0.0102. The number of nitrogens with zero attached hydrogens (tertiary/aromatic N) is 1. The van der Waals surface area contributed by atoms with Gasteiger partial charge in [-0.05, 0) is 61.6 Å². The summed E-state index contributed by atoms with van der Waals surface area (Å²) < 4.78 is 10.6. The normalized spacial score (nSPS) is 24.3. The van der Waals surface area contributed by atoms with E-state index in [-0.39, 0.29) is 24.5 Å². The highest BCUT2D eigenvalue weighted by Crippen LogP contribution is 2.38. The lowest BCUT2D eigenvalue weighted by Gasteiger charge is -2.33. The number of benzene rings is 1. The highest BCUT2D eigenvalue weighted by atomic mass is 16.7. The van der Waals surface area contributed by atoms with E-state index >= 15 is 0 Å². The van der Waals surface area contributed by atoms with Gasteiger partial charge >= 0.3 is 0 Å². The molecule has 1 aromatic rings. The van der Waals surface area contributed by atoms with Gasteiger partial charge in [-0.15, -0.1) is 0 Å². The number of amides is 2. The van der Waals surface area contributed by atoms with E-state index in [1.54, 1.807) is 24.3 Å². The number of fused-ring (bicyclic) bond motifs is 3. The molecule has 0 spiro atoms. The van der Waals surface area contributed by atoms with Gasteiger partial charge < -0.3 is 14.8 Å². The number of hydrogen-bond acceptors (Lipinski definition) is 4. The minimum atomic E-state index is -0.358. The highest BCUT2D eigenvalue weighted by Gasteiger charge is 2.33. The summed E-state index contributed by atoms with van der Waals surface area (Å²) in [5.41, 5.74) is 3.92. The van der Waals surface area contributed by atoms with Crippen LogP contribution in [0.4, 0.5) is 0 Å². The second-order valence-electron chi connectivity index (χ2n) is 7.01. The molecule has 6 nitrogen and oxygen atoms in total. The zero-order valence-corrected chi connectivity index (χ0v) is 14.7. The fourth-order valence-electron chi connectivity index (χ4n) is 4.03. The third-order valence-electron chi connectivity index (χ3n) is 5.37. The number of carbonyl (C=O) groups is 2. The van der Waals surface area contributed by atoms with Gasteiger partial charge in [-0.25, -0.2) is 4.99 Å². The van der Waals surface area contributed by atoms with E-state index in [0.29, 0.717) is 22.8 Å². The molecule has 2 aliphatic carbocycles. The number of nitrogens with one attached hydrogen (secondary N) is 1. The van der Waals surface area contributed by atoms with Crippen LogP contribution in [0.25, 0.3) is 0 Å². The van der Waals surface area contributed by atoms with Crippen molar-refractivity contribution in [1.82, 2.24) is 5.32 Å². The van der Waals surface area contributed by atoms with Crippen molar-refractivity contribution in [2.24, 2.45) is 10.9 Å². The molecule has 27 heavy (non-hydrogen) atoms. The fraction of sp³-hybridized carbons (Fsp3) is 0.286. The minimum Gasteiger partial charge on any atom is -0.454 e. The predicted octanol–water partition coefficient (Wildman–Crippen LogP) is 3.07. The predicted molar refractivity (Wildman–Crippen MR) is 98.7 cm³/mol. The number of aliphatic imine (C=N–C) groups is 1. The summed E-state index contributed by atoms with van der Waals surface area (Å²) in [6.07, 6.45) is 9.68. The van der Waals surface area contributed by atoms with Crippen LogP contribution in [0.5, 0.6) is 11.5 Å². The van der Waals surface area contributed by atoms with Crippen LogP contribution in [-0.4, -0.2) is 24.3 Å². The summed E-state index contributed by atoms with van der Waals surface area (Å²) in [5, 5.41) is 2.98. The van der Waals surface area contributed by atoms with E-state index in [1.807, 2.05) is 12.2 Å². The van der Waals surface area contributed by atoms with E-state index < -0.39 is 0 Å². The lowest BCUT2D eigenvalue weighted by Crippen LogP contribution is -2.37. The SMILES string of the molecule is O=C1NC2=CC(=NC(=O)c3ccc4c(c3)OCO4)C=CC2C2=C1CCCC2. The van der Waals surface area contributed by atoms with Gasteiger partial charge in [-0.3, -0.25) is 9.59 Å². The van der Waals surface area contributed by atoms with Crippen LogP contribution >= 0.6 is 0 Å². The van der Waals surface area contributed by atoms with Gasteiger partial charge in [0.25, 0.3) is 11.8 Å². The summed E-state index contributed by atoms with van der Waals surface area (Å²) in [5.74, 6) is 0.905. The highest BCUT2D eigenvalue weighted by molar-refractivity contribution is 6.14. The third-order valence-corrected chi connectivity index (χ3v) is 5.37. The molecule has 1 atom stereocenters. The Morgan fingerprint density at radius 1 is 1.15 bits per heavy atom. The first kappa shape index (κ1) is 16.1. The van der Waals surface area contributed by atoms with Gasteiger partial charge in [0.15, 0.2) is 11.5 Å². The zero-order valence-electron chi connectivity index (χ0n) is 14.7. The van der Waals surface area contributed by atoms with Crippen molar-refractivity contribution in [1.29, 1.82) is 0 Å². The Labute approximate surface area is 156 Å². The summed E-state index contributed by atoms with van der Waals surface area (Å²) in [6.45, 7) is 0.162. The molecule has 2 amide bonds. The summed E-state index contributed by atoms with van der Waals surface area (Å²) >= 11 is 0. The number of allylic oxidation sites excluding steroid dienone is 3. The standard InChI is InChI=1S/C21H18N2O4/c24-20(12-5-8-18-19(9-12)27-11-26-18)22-13-6-7-15-14-3-1-2-4-16(14)21(25)23-17(15)10-13/h5-10,15H,1-4,11H2,(H,23,25). The van der Waals surface area contributed by atoms with Crippen molar-refractivity contribution in [2.45, 2.75) is 25.7 Å². The summed E-state index contributed by atoms with van der Waals surface area (Å²) in [6, 6.07) is 5.02. The molecule has 5 rings (SSSR count). The van der Waals surface area contributed by atoms with Crippen molar-refractivity contribution >= 4 is 17.5 Å². The van der Waals surface area contributed by atoms with E-state index in [0.717, 1.165) is 37.0 Å². The molecule has 2 aliphatic heterocycles. The quantitative estimate of drug-likeness (QED) is 0.833. The fourth-order valence-corrected chi connectivity index (χ4v) is 4.03. The van der Waals surface area contributed by atoms with E-state index in [1.165, 1.54) is 5.57 Å². The molecule has 6 heteroatoms. The van der Waals surface area contributed by atoms with Crippen LogP contribution in [0.3, 0.4) is 0 Å². The summed E-state index contributed by atoms with van der Waals surface area (Å²) in [4.78, 5) is 29.1. The topological polar surface area (TPSA) is 77.0 Å². The van der Waals surface area contributed by atoms with Crippen LogP contribution < -0.4 is 14.8 Å². The van der Waals surface area contributed by atoms with Crippen molar-refractivity contribution in [3.8, 4) is 11.5 Å². The van der Waals surface area contributed by atoms with Gasteiger partial charge in [0.05, 0.1) is 5.71 Å². The first-order valence-electron chi connectivity index (χ1n) is 9.15. The molecule has 0 saturated heterocycles. The zero-order chi connectivity index (χ0) is 18.4. The first-order valence-corrected chi connectivity index (χ1v) is 9.15. The molecule has 0 saturated carbocycles. The molecule has 1 N–H and O–H groups in total. The number of carbonyl (C=O) groups excluding carboxylic acids is 2. The molecule has 4 aliphatic rings. The molecule has 0 bridgehead atoms. The Morgan fingerprint density at radius 3 is 2.93 bits per heavy atom.